The standard InChI is InChI=1S/C8H6N4O2/c13-8(14)7-5-6(1-2-9-7)12-10-3-4-11-12/h1-5H,(H,13,14). The Kier molecular flexibility index (Phi) is 1.94. The fourth-order valence-corrected chi connectivity index (χ4v) is 1.01. The molecule has 0 aliphatic carbocycles. The molecule has 14 heavy (non-hydrogen) atoms. The Morgan fingerprint density at radius 2 is 2.00 bits per heavy atom. The minimum Gasteiger partial charge on any atom is -0.477 e. The number of pyridine rings is 1. The lowest BCUT2D eigenvalue weighted by Gasteiger charge is -1.99. The molecule has 0 fully saturated rings. The van der Waals surface area contributed by atoms with Gasteiger partial charge in [-0.3, -0.25) is 0 Å². The summed E-state index contributed by atoms with van der Waals surface area (Å²) in [5.74, 6) is -1.07. The van der Waals surface area contributed by atoms with E-state index in [-0.39, 0.29) is 5.69 Å². The van der Waals surface area contributed by atoms with Gasteiger partial charge < -0.3 is 5.11 Å². The highest BCUT2D eigenvalue weighted by molar-refractivity contribution is 5.85. The molecular formula is C8H6N4O2. The zero-order valence-corrected chi connectivity index (χ0v) is 7.03. The Balaban J connectivity index is 2.46. The molecule has 0 radical (unpaired) electrons. The maximum absolute atomic E-state index is 10.6. The topological polar surface area (TPSA) is 80.9 Å². The van der Waals surface area contributed by atoms with Crippen molar-refractivity contribution in [2.45, 2.75) is 0 Å². The summed E-state index contributed by atoms with van der Waals surface area (Å²) < 4.78 is 0. The molecule has 2 rings (SSSR count). The molecule has 2 aromatic heterocycles. The molecule has 1 N–H and O–H groups in total. The van der Waals surface area contributed by atoms with Gasteiger partial charge in [-0.15, -0.1) is 0 Å². The van der Waals surface area contributed by atoms with Crippen molar-refractivity contribution in [2.75, 3.05) is 0 Å². The van der Waals surface area contributed by atoms with Crippen LogP contribution in [0, 0.1) is 0 Å². The summed E-state index contributed by atoms with van der Waals surface area (Å²) in [5, 5.41) is 16.4. The van der Waals surface area contributed by atoms with Gasteiger partial charge >= 0.3 is 5.97 Å². The van der Waals surface area contributed by atoms with Crippen LogP contribution in [0.5, 0.6) is 0 Å². The third-order valence-electron chi connectivity index (χ3n) is 1.61. The summed E-state index contributed by atoms with van der Waals surface area (Å²) in [4.78, 5) is 15.6. The fraction of sp³-hybridized carbons (Fsp3) is 0. The first-order chi connectivity index (χ1) is 6.77. The monoisotopic (exact) mass is 190 g/mol. The first-order valence-electron chi connectivity index (χ1n) is 3.83. The Morgan fingerprint density at radius 3 is 2.64 bits per heavy atom. The highest BCUT2D eigenvalue weighted by Gasteiger charge is 2.06. The predicted octanol–water partition coefficient (Wildman–Crippen LogP) is 0.360. The number of carbonyl (C=O) groups is 1. The van der Waals surface area contributed by atoms with Crippen molar-refractivity contribution in [2.24, 2.45) is 0 Å². The molecule has 0 amide bonds. The van der Waals surface area contributed by atoms with Gasteiger partial charge in [0.05, 0.1) is 18.1 Å². The van der Waals surface area contributed by atoms with E-state index in [2.05, 4.69) is 15.2 Å². The number of carboxylic acid groups (broad SMARTS) is 1. The van der Waals surface area contributed by atoms with Crippen molar-refractivity contribution in [3.8, 4) is 5.69 Å². The highest BCUT2D eigenvalue weighted by Crippen LogP contribution is 2.04. The largest absolute Gasteiger partial charge is 0.477 e. The van der Waals surface area contributed by atoms with Crippen LogP contribution in [-0.4, -0.2) is 31.1 Å². The minimum absolute atomic E-state index is 0.0280. The van der Waals surface area contributed by atoms with Crippen LogP contribution in [0.1, 0.15) is 10.5 Å². The van der Waals surface area contributed by atoms with Crippen LogP contribution in [0.2, 0.25) is 0 Å². The number of aromatic nitrogens is 4. The van der Waals surface area contributed by atoms with Crippen LogP contribution < -0.4 is 0 Å². The molecule has 2 aromatic rings. The zero-order valence-electron chi connectivity index (χ0n) is 7.03. The van der Waals surface area contributed by atoms with E-state index in [1.54, 1.807) is 6.07 Å². The third kappa shape index (κ3) is 1.45. The SMILES string of the molecule is O=C(O)c1cc(-n2nccn2)ccn1. The second kappa shape index (κ2) is 3.25. The van der Waals surface area contributed by atoms with Crippen molar-refractivity contribution < 1.29 is 9.90 Å². The van der Waals surface area contributed by atoms with Gasteiger partial charge in [0.1, 0.15) is 5.69 Å². The van der Waals surface area contributed by atoms with Crippen LogP contribution >= 0.6 is 0 Å². The summed E-state index contributed by atoms with van der Waals surface area (Å²) >= 11 is 0. The van der Waals surface area contributed by atoms with E-state index in [0.717, 1.165) is 0 Å². The summed E-state index contributed by atoms with van der Waals surface area (Å²) in [6.07, 6.45) is 4.43. The molecule has 0 saturated heterocycles. The molecule has 0 aliphatic heterocycles. The smallest absolute Gasteiger partial charge is 0.354 e. The quantitative estimate of drug-likeness (QED) is 0.739. The van der Waals surface area contributed by atoms with Gasteiger partial charge in [-0.05, 0) is 12.1 Å². The van der Waals surface area contributed by atoms with Crippen LogP contribution in [-0.2, 0) is 0 Å². The molecule has 0 atom stereocenters. The summed E-state index contributed by atoms with van der Waals surface area (Å²) in [6, 6.07) is 3.04. The predicted molar refractivity (Wildman–Crippen MR) is 46.1 cm³/mol. The third-order valence-corrected chi connectivity index (χ3v) is 1.61. The van der Waals surface area contributed by atoms with E-state index in [1.807, 2.05) is 0 Å². The normalized spacial score (nSPS) is 10.0. The van der Waals surface area contributed by atoms with E-state index in [9.17, 15) is 4.79 Å². The number of carboxylic acids is 1. The molecule has 0 aromatic carbocycles. The van der Waals surface area contributed by atoms with Gasteiger partial charge in [0.25, 0.3) is 0 Å². The molecular weight excluding hydrogens is 184 g/mol. The Hall–Kier alpha value is -2.24. The Morgan fingerprint density at radius 1 is 1.29 bits per heavy atom. The van der Waals surface area contributed by atoms with Crippen molar-refractivity contribution in [1.29, 1.82) is 0 Å². The molecule has 6 heteroatoms. The molecule has 0 unspecified atom stereocenters. The van der Waals surface area contributed by atoms with Crippen LogP contribution in [0.3, 0.4) is 0 Å². The second-order valence-electron chi connectivity index (χ2n) is 2.52. The molecule has 0 bridgehead atoms. The maximum atomic E-state index is 10.6. The highest BCUT2D eigenvalue weighted by atomic mass is 16.4. The number of hydrogen-bond donors (Lipinski definition) is 1. The lowest BCUT2D eigenvalue weighted by atomic mass is 10.3. The molecule has 0 spiro atoms. The first-order valence-corrected chi connectivity index (χ1v) is 3.83. The summed E-state index contributed by atoms with van der Waals surface area (Å²) in [5.41, 5.74) is 0.544. The zero-order chi connectivity index (χ0) is 9.97. The van der Waals surface area contributed by atoms with E-state index < -0.39 is 5.97 Å². The molecule has 0 saturated carbocycles. The van der Waals surface area contributed by atoms with E-state index in [4.69, 9.17) is 5.11 Å². The van der Waals surface area contributed by atoms with Gasteiger partial charge in [0, 0.05) is 6.20 Å². The van der Waals surface area contributed by atoms with Crippen molar-refractivity contribution in [1.82, 2.24) is 20.0 Å². The number of aromatic carboxylic acids is 1. The molecule has 6 nitrogen and oxygen atoms in total. The Bertz CT molecular complexity index is 452. The van der Waals surface area contributed by atoms with Gasteiger partial charge in [0.2, 0.25) is 0 Å². The van der Waals surface area contributed by atoms with Crippen LogP contribution in [0.4, 0.5) is 0 Å². The van der Waals surface area contributed by atoms with Crippen LogP contribution in [0.15, 0.2) is 30.7 Å². The van der Waals surface area contributed by atoms with Gasteiger partial charge in [-0.25, -0.2) is 9.78 Å². The van der Waals surface area contributed by atoms with Crippen molar-refractivity contribution >= 4 is 5.97 Å². The fourth-order valence-electron chi connectivity index (χ4n) is 1.01. The minimum atomic E-state index is -1.07. The maximum Gasteiger partial charge on any atom is 0.354 e. The lowest BCUT2D eigenvalue weighted by Crippen LogP contribution is -2.04. The molecule has 2 heterocycles. The summed E-state index contributed by atoms with van der Waals surface area (Å²) in [7, 11) is 0. The van der Waals surface area contributed by atoms with E-state index in [0.29, 0.717) is 5.69 Å². The van der Waals surface area contributed by atoms with Crippen LogP contribution in [0.25, 0.3) is 5.69 Å². The lowest BCUT2D eigenvalue weighted by molar-refractivity contribution is 0.0690. The summed E-state index contributed by atoms with van der Waals surface area (Å²) in [6.45, 7) is 0. The van der Waals surface area contributed by atoms with Gasteiger partial charge in [-0.1, -0.05) is 0 Å². The van der Waals surface area contributed by atoms with E-state index in [1.165, 1.54) is 29.5 Å². The first kappa shape index (κ1) is 8.36. The number of hydrogen-bond acceptors (Lipinski definition) is 4. The molecule has 0 aliphatic rings. The number of rotatable bonds is 2. The Labute approximate surface area is 78.8 Å². The number of nitrogens with zero attached hydrogens (tertiary/aromatic N) is 4. The van der Waals surface area contributed by atoms with Gasteiger partial charge in [-0.2, -0.15) is 15.0 Å². The van der Waals surface area contributed by atoms with E-state index >= 15 is 0 Å². The average Bonchev–Trinajstić information content (AvgIpc) is 2.71. The van der Waals surface area contributed by atoms with Crippen molar-refractivity contribution in [3.05, 3.63) is 36.4 Å². The molecule has 70 valence electrons. The second-order valence-corrected chi connectivity index (χ2v) is 2.52. The van der Waals surface area contributed by atoms with Gasteiger partial charge in [0.15, 0.2) is 0 Å². The average molecular weight is 190 g/mol. The van der Waals surface area contributed by atoms with Crippen molar-refractivity contribution in [3.63, 3.8) is 0 Å².